The molecule has 0 bridgehead atoms. The van der Waals surface area contributed by atoms with Gasteiger partial charge in [-0.2, -0.15) is 0 Å². The smallest absolute Gasteiger partial charge is 0.243 e. The van der Waals surface area contributed by atoms with Crippen molar-refractivity contribution >= 4 is 39.1 Å². The van der Waals surface area contributed by atoms with E-state index < -0.39 is 16.1 Å². The minimum atomic E-state index is -3.59. The van der Waals surface area contributed by atoms with Gasteiger partial charge in [0.15, 0.2) is 0 Å². The summed E-state index contributed by atoms with van der Waals surface area (Å²) < 4.78 is 26.6. The number of nitrogens with one attached hydrogen (secondary N) is 1. The molecule has 9 heteroatoms. The lowest BCUT2D eigenvalue weighted by Crippen LogP contribution is -2.53. The number of hydrogen-bond donors (Lipinski definition) is 1. The molecule has 0 saturated heterocycles. The lowest BCUT2D eigenvalue weighted by Gasteiger charge is -2.34. The molecular formula is C34H42ClN3O4S. The Morgan fingerprint density at radius 3 is 2.26 bits per heavy atom. The fourth-order valence-electron chi connectivity index (χ4n) is 5.72. The van der Waals surface area contributed by atoms with Gasteiger partial charge in [0.1, 0.15) is 6.04 Å². The van der Waals surface area contributed by atoms with Gasteiger partial charge in [-0.25, -0.2) is 8.42 Å². The van der Waals surface area contributed by atoms with Crippen molar-refractivity contribution in [2.45, 2.75) is 76.9 Å². The third-order valence-corrected chi connectivity index (χ3v) is 9.37. The Labute approximate surface area is 261 Å². The lowest BCUT2D eigenvalue weighted by molar-refractivity contribution is -0.141. The second-order valence-electron chi connectivity index (χ2n) is 11.5. The molecule has 0 aliphatic heterocycles. The van der Waals surface area contributed by atoms with Crippen LogP contribution in [0.4, 0.5) is 5.69 Å². The second-order valence-corrected chi connectivity index (χ2v) is 13.8. The molecule has 1 saturated carbocycles. The topological polar surface area (TPSA) is 86.8 Å². The maximum Gasteiger partial charge on any atom is 0.243 e. The molecule has 7 nitrogen and oxygen atoms in total. The van der Waals surface area contributed by atoms with Crippen LogP contribution in [-0.2, 0) is 32.6 Å². The normalized spacial score (nSPS) is 14.6. The molecule has 4 rings (SSSR count). The molecule has 1 unspecified atom stereocenters. The highest BCUT2D eigenvalue weighted by molar-refractivity contribution is 7.92. The fraction of sp³-hybridized carbons (Fsp3) is 0.412. The molecule has 3 aromatic carbocycles. The molecule has 1 aliphatic carbocycles. The number of nitrogens with zero attached hydrogens (tertiary/aromatic N) is 2. The van der Waals surface area contributed by atoms with Gasteiger partial charge in [0.25, 0.3) is 0 Å². The number of carbonyl (C=O) groups excluding carboxylic acids is 2. The number of benzene rings is 3. The third-order valence-electron chi connectivity index (χ3n) is 7.92. The molecule has 0 heterocycles. The summed E-state index contributed by atoms with van der Waals surface area (Å²) in [6.45, 7) is 2.41. The summed E-state index contributed by atoms with van der Waals surface area (Å²) in [6, 6.07) is 23.7. The monoisotopic (exact) mass is 623 g/mol. The highest BCUT2D eigenvalue weighted by Crippen LogP contribution is 2.23. The van der Waals surface area contributed by atoms with Crippen molar-refractivity contribution in [1.82, 2.24) is 10.2 Å². The van der Waals surface area contributed by atoms with E-state index in [1.54, 1.807) is 29.2 Å². The largest absolute Gasteiger partial charge is 0.352 e. The zero-order valence-corrected chi connectivity index (χ0v) is 26.6. The van der Waals surface area contributed by atoms with Gasteiger partial charge in [-0.15, -0.1) is 0 Å². The maximum absolute atomic E-state index is 14.0. The first kappa shape index (κ1) is 32.6. The summed E-state index contributed by atoms with van der Waals surface area (Å²) in [5.74, 6) is -0.332. The van der Waals surface area contributed by atoms with Gasteiger partial charge in [-0.1, -0.05) is 91.0 Å². The van der Waals surface area contributed by atoms with Gasteiger partial charge in [0.05, 0.1) is 11.9 Å². The predicted octanol–water partition coefficient (Wildman–Crippen LogP) is 6.28. The molecule has 1 N–H and O–H groups in total. The molecule has 0 spiro atoms. The molecule has 0 radical (unpaired) electrons. The van der Waals surface area contributed by atoms with E-state index in [0.717, 1.165) is 48.6 Å². The Hall–Kier alpha value is -3.36. The highest BCUT2D eigenvalue weighted by Gasteiger charge is 2.32. The van der Waals surface area contributed by atoms with Crippen molar-refractivity contribution in [1.29, 1.82) is 0 Å². The van der Waals surface area contributed by atoms with Crippen molar-refractivity contribution in [3.8, 4) is 0 Å². The van der Waals surface area contributed by atoms with E-state index in [4.69, 9.17) is 11.6 Å². The number of amides is 2. The van der Waals surface area contributed by atoms with Crippen molar-refractivity contribution in [3.05, 3.63) is 101 Å². The zero-order chi connectivity index (χ0) is 30.8. The first-order valence-corrected chi connectivity index (χ1v) is 17.3. The Balaban J connectivity index is 1.58. The Bertz CT molecular complexity index is 1460. The lowest BCUT2D eigenvalue weighted by atomic mass is 9.94. The molecule has 1 atom stereocenters. The standard InChI is InChI=1S/C34H42ClN3O4S/c1-26-11-9-14-28(23-26)25-37(33(39)17-10-22-38(43(2,41)42)31-20-18-29(35)19-21-31)32(24-27-12-5-3-6-13-27)34(40)36-30-15-7-4-8-16-30/h3,5-6,9,11-14,18-21,23,30,32H,4,7-8,10,15-17,22,24-25H2,1-2H3,(H,36,40). The Morgan fingerprint density at radius 2 is 1.60 bits per heavy atom. The molecule has 1 aliphatic rings. The van der Waals surface area contributed by atoms with Gasteiger partial charge in [0.2, 0.25) is 21.8 Å². The predicted molar refractivity (Wildman–Crippen MR) is 174 cm³/mol. The summed E-state index contributed by atoms with van der Waals surface area (Å²) in [7, 11) is -3.59. The van der Waals surface area contributed by atoms with E-state index in [1.807, 2.05) is 61.5 Å². The summed E-state index contributed by atoms with van der Waals surface area (Å²) in [5.41, 5.74) is 3.47. The van der Waals surface area contributed by atoms with Crippen molar-refractivity contribution in [3.63, 3.8) is 0 Å². The Morgan fingerprint density at radius 1 is 0.930 bits per heavy atom. The number of hydrogen-bond acceptors (Lipinski definition) is 4. The van der Waals surface area contributed by atoms with E-state index in [9.17, 15) is 18.0 Å². The van der Waals surface area contributed by atoms with Crippen LogP contribution in [0.2, 0.25) is 5.02 Å². The van der Waals surface area contributed by atoms with Gasteiger partial charge in [-0.05, 0) is 61.6 Å². The van der Waals surface area contributed by atoms with Crippen LogP contribution in [0.3, 0.4) is 0 Å². The number of sulfonamides is 1. The Kier molecular flexibility index (Phi) is 11.7. The number of carbonyl (C=O) groups is 2. The molecular weight excluding hydrogens is 582 g/mol. The summed E-state index contributed by atoms with van der Waals surface area (Å²) in [5, 5.41) is 3.77. The van der Waals surface area contributed by atoms with Gasteiger partial charge < -0.3 is 10.2 Å². The second kappa shape index (κ2) is 15.4. The number of aryl methyl sites for hydroxylation is 1. The van der Waals surface area contributed by atoms with Crippen LogP contribution < -0.4 is 9.62 Å². The van der Waals surface area contributed by atoms with E-state index >= 15 is 0 Å². The van der Waals surface area contributed by atoms with Crippen LogP contribution in [0, 0.1) is 6.92 Å². The van der Waals surface area contributed by atoms with E-state index in [-0.39, 0.29) is 37.4 Å². The van der Waals surface area contributed by atoms with Crippen LogP contribution in [0.1, 0.15) is 61.6 Å². The maximum atomic E-state index is 14.0. The van der Waals surface area contributed by atoms with Gasteiger partial charge in [0, 0.05) is 37.0 Å². The third kappa shape index (κ3) is 9.83. The van der Waals surface area contributed by atoms with Crippen molar-refractivity contribution < 1.29 is 18.0 Å². The summed E-state index contributed by atoms with van der Waals surface area (Å²) >= 11 is 6.01. The minimum absolute atomic E-state index is 0.0907. The van der Waals surface area contributed by atoms with Crippen molar-refractivity contribution in [2.24, 2.45) is 0 Å². The SMILES string of the molecule is Cc1cccc(CN(C(=O)CCCN(c2ccc(Cl)cc2)S(C)(=O)=O)C(Cc2ccccc2)C(=O)NC2CCCCC2)c1. The fourth-order valence-corrected chi connectivity index (χ4v) is 6.81. The molecule has 1 fully saturated rings. The first-order valence-electron chi connectivity index (χ1n) is 15.0. The average Bonchev–Trinajstić information content (AvgIpc) is 2.98. The number of halogens is 1. The first-order chi connectivity index (χ1) is 20.6. The molecule has 3 aromatic rings. The van der Waals surface area contributed by atoms with Crippen molar-refractivity contribution in [2.75, 3.05) is 17.1 Å². The summed E-state index contributed by atoms with van der Waals surface area (Å²) in [4.78, 5) is 29.7. The molecule has 43 heavy (non-hydrogen) atoms. The van der Waals surface area contributed by atoms with Gasteiger partial charge >= 0.3 is 0 Å². The number of rotatable bonds is 13. The minimum Gasteiger partial charge on any atom is -0.352 e. The zero-order valence-electron chi connectivity index (χ0n) is 25.0. The van der Waals surface area contributed by atoms with E-state index in [0.29, 0.717) is 23.6 Å². The van der Waals surface area contributed by atoms with E-state index in [2.05, 4.69) is 5.32 Å². The van der Waals surface area contributed by atoms with Crippen LogP contribution in [0.25, 0.3) is 0 Å². The van der Waals surface area contributed by atoms with Crippen LogP contribution in [-0.4, -0.2) is 50.0 Å². The molecule has 2 amide bonds. The number of anilines is 1. The summed E-state index contributed by atoms with van der Waals surface area (Å²) in [6.07, 6.45) is 7.17. The highest BCUT2D eigenvalue weighted by atomic mass is 35.5. The van der Waals surface area contributed by atoms with Crippen LogP contribution >= 0.6 is 11.6 Å². The average molecular weight is 624 g/mol. The van der Waals surface area contributed by atoms with E-state index in [1.165, 1.54) is 10.7 Å². The quantitative estimate of drug-likeness (QED) is 0.243. The van der Waals surface area contributed by atoms with Gasteiger partial charge in [-0.3, -0.25) is 13.9 Å². The molecule has 0 aromatic heterocycles. The van der Waals surface area contributed by atoms with Crippen LogP contribution in [0.5, 0.6) is 0 Å². The molecule has 230 valence electrons. The van der Waals surface area contributed by atoms with Crippen LogP contribution in [0.15, 0.2) is 78.9 Å².